The number of thiophene rings is 1. The van der Waals surface area contributed by atoms with E-state index in [4.69, 9.17) is 5.41 Å². The van der Waals surface area contributed by atoms with Crippen LogP contribution in [-0.2, 0) is 6.42 Å². The Morgan fingerprint density at radius 2 is 2.17 bits per heavy atom. The lowest BCUT2D eigenvalue weighted by atomic mass is 9.87. The Balaban J connectivity index is 1.88. The van der Waals surface area contributed by atoms with E-state index in [0.29, 0.717) is 12.0 Å². The molecule has 3 heteroatoms. The van der Waals surface area contributed by atoms with Gasteiger partial charge in [-0.1, -0.05) is 25.3 Å². The van der Waals surface area contributed by atoms with Crippen molar-refractivity contribution in [2.45, 2.75) is 51.5 Å². The molecule has 0 aliphatic heterocycles. The summed E-state index contributed by atoms with van der Waals surface area (Å²) in [4.78, 5) is 3.61. The summed E-state index contributed by atoms with van der Waals surface area (Å²) in [5.74, 6) is 1.37. The van der Waals surface area contributed by atoms with Gasteiger partial charge in [0.2, 0.25) is 0 Å². The zero-order valence-electron chi connectivity index (χ0n) is 11.5. The van der Waals surface area contributed by atoms with Gasteiger partial charge < -0.3 is 4.90 Å². The summed E-state index contributed by atoms with van der Waals surface area (Å²) in [5.41, 5.74) is 0. The van der Waals surface area contributed by atoms with Gasteiger partial charge in [-0.2, -0.15) is 0 Å². The van der Waals surface area contributed by atoms with Gasteiger partial charge in [0.05, 0.1) is 5.84 Å². The maximum Gasteiger partial charge on any atom is 0.0989 e. The molecule has 100 valence electrons. The largest absolute Gasteiger partial charge is 0.360 e. The van der Waals surface area contributed by atoms with Crippen LogP contribution in [0.3, 0.4) is 0 Å². The van der Waals surface area contributed by atoms with Crippen LogP contribution in [0.1, 0.15) is 43.9 Å². The highest BCUT2D eigenvalue weighted by molar-refractivity contribution is 7.09. The first kappa shape index (κ1) is 13.6. The number of amidine groups is 1. The highest BCUT2D eigenvalue weighted by Crippen LogP contribution is 2.26. The Bertz CT molecular complexity index is 366. The zero-order chi connectivity index (χ0) is 13.0. The Morgan fingerprint density at radius 3 is 2.78 bits per heavy atom. The van der Waals surface area contributed by atoms with E-state index >= 15 is 0 Å². The van der Waals surface area contributed by atoms with Gasteiger partial charge in [0.1, 0.15) is 0 Å². The molecule has 1 unspecified atom stereocenters. The molecule has 1 aromatic rings. The van der Waals surface area contributed by atoms with Crippen molar-refractivity contribution in [3.05, 3.63) is 22.4 Å². The standard InChI is InChI=1S/C15H24N2S/c1-12(11-14-9-6-10-18-14)17(2)15(16)13-7-4-3-5-8-13/h6,9-10,12-13,16H,3-5,7-8,11H2,1-2H3. The van der Waals surface area contributed by atoms with E-state index in [2.05, 4.69) is 36.4 Å². The summed E-state index contributed by atoms with van der Waals surface area (Å²) in [6.07, 6.45) is 7.46. The fourth-order valence-corrected chi connectivity index (χ4v) is 3.58. The van der Waals surface area contributed by atoms with E-state index in [0.717, 1.165) is 12.3 Å². The topological polar surface area (TPSA) is 27.1 Å². The van der Waals surface area contributed by atoms with Crippen LogP contribution in [-0.4, -0.2) is 23.8 Å². The van der Waals surface area contributed by atoms with E-state index in [1.807, 2.05) is 11.3 Å². The van der Waals surface area contributed by atoms with Crippen LogP contribution in [0.5, 0.6) is 0 Å². The molecule has 1 aliphatic carbocycles. The summed E-state index contributed by atoms with van der Waals surface area (Å²) in [7, 11) is 2.09. The molecule has 2 nitrogen and oxygen atoms in total. The molecular formula is C15H24N2S. The number of rotatable bonds is 4. The first-order chi connectivity index (χ1) is 8.68. The molecule has 0 radical (unpaired) electrons. The minimum Gasteiger partial charge on any atom is -0.360 e. The van der Waals surface area contributed by atoms with Gasteiger partial charge in [0.25, 0.3) is 0 Å². The normalized spacial score (nSPS) is 18.6. The SMILES string of the molecule is CC(Cc1cccs1)N(C)C(=N)C1CCCCC1. The maximum absolute atomic E-state index is 8.38. The molecule has 0 saturated heterocycles. The van der Waals surface area contributed by atoms with Crippen molar-refractivity contribution >= 4 is 17.2 Å². The lowest BCUT2D eigenvalue weighted by Gasteiger charge is -2.33. The van der Waals surface area contributed by atoms with Gasteiger partial charge in [-0.05, 0) is 31.2 Å². The molecule has 2 rings (SSSR count). The third-order valence-electron chi connectivity index (χ3n) is 4.11. The molecule has 0 bridgehead atoms. The predicted octanol–water partition coefficient (Wildman–Crippen LogP) is 4.17. The van der Waals surface area contributed by atoms with Crippen LogP contribution < -0.4 is 0 Å². The van der Waals surface area contributed by atoms with E-state index in [9.17, 15) is 0 Å². The monoisotopic (exact) mass is 264 g/mol. The fraction of sp³-hybridized carbons (Fsp3) is 0.667. The highest BCUT2D eigenvalue weighted by atomic mass is 32.1. The summed E-state index contributed by atoms with van der Waals surface area (Å²) in [6, 6.07) is 4.73. The van der Waals surface area contributed by atoms with Crippen LogP contribution in [0.4, 0.5) is 0 Å². The van der Waals surface area contributed by atoms with Crippen LogP contribution in [0.25, 0.3) is 0 Å². The molecule has 18 heavy (non-hydrogen) atoms. The second-order valence-corrected chi connectivity index (χ2v) is 6.50. The first-order valence-corrected chi connectivity index (χ1v) is 7.90. The van der Waals surface area contributed by atoms with Gasteiger partial charge in [0, 0.05) is 30.3 Å². The molecule has 0 aromatic carbocycles. The maximum atomic E-state index is 8.38. The highest BCUT2D eigenvalue weighted by Gasteiger charge is 2.23. The Kier molecular flexibility index (Phi) is 4.81. The number of hydrogen-bond acceptors (Lipinski definition) is 2. The summed E-state index contributed by atoms with van der Waals surface area (Å²) < 4.78 is 0. The van der Waals surface area contributed by atoms with Gasteiger partial charge in [-0.3, -0.25) is 5.41 Å². The third-order valence-corrected chi connectivity index (χ3v) is 5.01. The quantitative estimate of drug-likeness (QED) is 0.641. The first-order valence-electron chi connectivity index (χ1n) is 7.02. The molecule has 1 aromatic heterocycles. The molecule has 1 N–H and O–H groups in total. The lowest BCUT2D eigenvalue weighted by molar-refractivity contribution is 0.336. The number of nitrogens with zero attached hydrogens (tertiary/aromatic N) is 1. The molecule has 1 saturated carbocycles. The van der Waals surface area contributed by atoms with Gasteiger partial charge in [-0.25, -0.2) is 0 Å². The molecular weight excluding hydrogens is 240 g/mol. The van der Waals surface area contributed by atoms with Crippen LogP contribution in [0.15, 0.2) is 17.5 Å². The van der Waals surface area contributed by atoms with Crippen molar-refractivity contribution in [3.8, 4) is 0 Å². The van der Waals surface area contributed by atoms with Gasteiger partial charge >= 0.3 is 0 Å². The van der Waals surface area contributed by atoms with E-state index in [-0.39, 0.29) is 0 Å². The molecule has 1 aliphatic rings. The van der Waals surface area contributed by atoms with Gasteiger partial charge in [-0.15, -0.1) is 11.3 Å². The Morgan fingerprint density at radius 1 is 1.44 bits per heavy atom. The average molecular weight is 264 g/mol. The summed E-state index contributed by atoms with van der Waals surface area (Å²) in [6.45, 7) is 2.23. The van der Waals surface area contributed by atoms with E-state index < -0.39 is 0 Å². The van der Waals surface area contributed by atoms with Crippen molar-refractivity contribution in [2.75, 3.05) is 7.05 Å². The molecule has 1 fully saturated rings. The summed E-state index contributed by atoms with van der Waals surface area (Å²) in [5, 5.41) is 10.5. The number of hydrogen-bond donors (Lipinski definition) is 1. The third kappa shape index (κ3) is 3.35. The van der Waals surface area contributed by atoms with Crippen LogP contribution >= 0.6 is 11.3 Å². The second kappa shape index (κ2) is 6.37. The van der Waals surface area contributed by atoms with Crippen molar-refractivity contribution in [2.24, 2.45) is 5.92 Å². The lowest BCUT2D eigenvalue weighted by Crippen LogP contribution is -2.40. The molecule has 0 amide bonds. The minimum absolute atomic E-state index is 0.429. The number of nitrogens with one attached hydrogen (secondary N) is 1. The molecule has 0 spiro atoms. The van der Waals surface area contributed by atoms with Crippen molar-refractivity contribution < 1.29 is 0 Å². The Hall–Kier alpha value is -0.830. The van der Waals surface area contributed by atoms with Crippen LogP contribution in [0.2, 0.25) is 0 Å². The minimum atomic E-state index is 0.429. The molecule has 1 atom stereocenters. The number of likely N-dealkylation sites (N-methyl/N-ethyl adjacent to an activating group) is 1. The van der Waals surface area contributed by atoms with E-state index in [1.165, 1.54) is 37.0 Å². The fourth-order valence-electron chi connectivity index (χ4n) is 2.76. The average Bonchev–Trinajstić information content (AvgIpc) is 2.91. The zero-order valence-corrected chi connectivity index (χ0v) is 12.3. The van der Waals surface area contributed by atoms with Crippen molar-refractivity contribution in [3.63, 3.8) is 0 Å². The van der Waals surface area contributed by atoms with Gasteiger partial charge in [0.15, 0.2) is 0 Å². The Labute approximate surface area is 115 Å². The molecule has 1 heterocycles. The summed E-state index contributed by atoms with van der Waals surface area (Å²) >= 11 is 1.82. The predicted molar refractivity (Wildman–Crippen MR) is 79.5 cm³/mol. The smallest absolute Gasteiger partial charge is 0.0989 e. The van der Waals surface area contributed by atoms with Crippen molar-refractivity contribution in [1.82, 2.24) is 4.90 Å². The second-order valence-electron chi connectivity index (χ2n) is 5.46. The van der Waals surface area contributed by atoms with Crippen LogP contribution in [0, 0.1) is 11.3 Å². The van der Waals surface area contributed by atoms with Crippen molar-refractivity contribution in [1.29, 1.82) is 5.41 Å². The van der Waals surface area contributed by atoms with E-state index in [1.54, 1.807) is 0 Å².